The number of benzene rings is 1. The van der Waals surface area contributed by atoms with Gasteiger partial charge < -0.3 is 10.4 Å². The zero-order chi connectivity index (χ0) is 19.5. The average molecular weight is 393 g/mol. The molecule has 0 aliphatic heterocycles. The Morgan fingerprint density at radius 3 is 2.38 bits per heavy atom. The number of rotatable bonds is 6. The van der Waals surface area contributed by atoms with Gasteiger partial charge in [0.15, 0.2) is 0 Å². The minimum absolute atomic E-state index is 0.105. The van der Waals surface area contributed by atoms with E-state index in [1.165, 1.54) is 17.3 Å². The molecule has 1 unspecified atom stereocenters. The van der Waals surface area contributed by atoms with Crippen LogP contribution in [0, 0.1) is 6.92 Å². The molecule has 0 aliphatic carbocycles. The van der Waals surface area contributed by atoms with Gasteiger partial charge in [0.2, 0.25) is 5.91 Å². The highest BCUT2D eigenvalue weighted by Crippen LogP contribution is 2.26. The molecule has 26 heavy (non-hydrogen) atoms. The smallest absolute Gasteiger partial charge is 0.347 e. The highest BCUT2D eigenvalue weighted by Gasteiger charge is 2.19. The van der Waals surface area contributed by atoms with Crippen molar-refractivity contribution in [3.8, 4) is 0 Å². The molecule has 0 fully saturated rings. The third kappa shape index (κ3) is 5.32. The number of carboxylic acid groups (broad SMARTS) is 1. The van der Waals surface area contributed by atoms with Crippen molar-refractivity contribution in [2.24, 2.45) is 0 Å². The third-order valence-electron chi connectivity index (χ3n) is 3.85. The Kier molecular flexibility index (Phi) is 6.47. The molecule has 2 aromatic rings. The summed E-state index contributed by atoms with van der Waals surface area (Å²) in [6, 6.07) is 7.93. The second-order valence-electron chi connectivity index (χ2n) is 7.12. The molecule has 2 N–H and O–H groups in total. The average Bonchev–Trinajstić information content (AvgIpc) is 2.95. The summed E-state index contributed by atoms with van der Waals surface area (Å²) >= 11 is 2.58. The highest BCUT2D eigenvalue weighted by molar-refractivity contribution is 8.00. The van der Waals surface area contributed by atoms with E-state index in [-0.39, 0.29) is 22.2 Å². The first-order valence-electron chi connectivity index (χ1n) is 8.31. The normalized spacial score (nSPS) is 12.7. The number of aryl methyl sites for hydroxylation is 1. The van der Waals surface area contributed by atoms with Gasteiger partial charge in [-0.15, -0.1) is 23.1 Å². The number of thioether (sulfide) groups is 1. The highest BCUT2D eigenvalue weighted by atomic mass is 32.2. The van der Waals surface area contributed by atoms with Gasteiger partial charge in [0, 0.05) is 4.90 Å². The standard InChI is InChI=1S/C19H24N2O3S2/c1-11-16(18(23)24)26-17(21-11)12(2)20-15(22)10-25-14-8-6-13(7-9-14)19(3,4)5/h6-9,12H,10H2,1-5H3,(H,20,22)(H,23,24). The SMILES string of the molecule is Cc1nc(C(C)NC(=O)CSc2ccc(C(C)(C)C)cc2)sc1C(=O)O. The van der Waals surface area contributed by atoms with Gasteiger partial charge in [-0.05, 0) is 37.0 Å². The summed E-state index contributed by atoms with van der Waals surface area (Å²) < 4.78 is 0. The van der Waals surface area contributed by atoms with Crippen LogP contribution >= 0.6 is 23.1 Å². The fourth-order valence-electron chi connectivity index (χ4n) is 2.35. The molecule has 1 aromatic carbocycles. The Balaban J connectivity index is 1.90. The molecule has 0 saturated carbocycles. The van der Waals surface area contributed by atoms with E-state index in [1.807, 2.05) is 19.1 Å². The van der Waals surface area contributed by atoms with Crippen LogP contribution in [0.1, 0.15) is 59.7 Å². The van der Waals surface area contributed by atoms with Crippen LogP contribution in [-0.2, 0) is 10.2 Å². The van der Waals surface area contributed by atoms with E-state index in [1.54, 1.807) is 6.92 Å². The van der Waals surface area contributed by atoms with Crippen molar-refractivity contribution >= 4 is 35.0 Å². The number of thiazole rings is 1. The van der Waals surface area contributed by atoms with E-state index in [0.29, 0.717) is 16.5 Å². The van der Waals surface area contributed by atoms with Crippen molar-refractivity contribution in [3.05, 3.63) is 45.4 Å². The number of aromatic nitrogens is 1. The summed E-state index contributed by atoms with van der Waals surface area (Å²) in [5, 5.41) is 12.6. The Hall–Kier alpha value is -1.86. The largest absolute Gasteiger partial charge is 0.477 e. The number of hydrogen-bond acceptors (Lipinski definition) is 5. The molecule has 0 aliphatic rings. The second kappa shape index (κ2) is 8.22. The van der Waals surface area contributed by atoms with Gasteiger partial charge in [-0.25, -0.2) is 9.78 Å². The Labute approximate surface area is 162 Å². The summed E-state index contributed by atoms with van der Waals surface area (Å²) in [6.07, 6.45) is 0. The number of hydrogen-bond donors (Lipinski definition) is 2. The number of carbonyl (C=O) groups is 2. The van der Waals surface area contributed by atoms with Crippen LogP contribution in [-0.4, -0.2) is 27.7 Å². The molecule has 5 nitrogen and oxygen atoms in total. The van der Waals surface area contributed by atoms with Crippen LogP contribution in [0.3, 0.4) is 0 Å². The van der Waals surface area contributed by atoms with Crippen molar-refractivity contribution in [3.63, 3.8) is 0 Å². The zero-order valence-electron chi connectivity index (χ0n) is 15.6. The van der Waals surface area contributed by atoms with E-state index < -0.39 is 5.97 Å². The second-order valence-corrected chi connectivity index (χ2v) is 9.20. The van der Waals surface area contributed by atoms with Crippen LogP contribution in [0.25, 0.3) is 0 Å². The maximum absolute atomic E-state index is 12.2. The van der Waals surface area contributed by atoms with Crippen LogP contribution in [0.4, 0.5) is 0 Å². The van der Waals surface area contributed by atoms with Gasteiger partial charge in [0.1, 0.15) is 9.88 Å². The maximum atomic E-state index is 12.2. The Morgan fingerprint density at radius 2 is 1.88 bits per heavy atom. The molecule has 0 bridgehead atoms. The number of nitrogens with one attached hydrogen (secondary N) is 1. The molecule has 0 spiro atoms. The number of nitrogens with zero attached hydrogens (tertiary/aromatic N) is 1. The summed E-state index contributed by atoms with van der Waals surface area (Å²) in [6.45, 7) is 9.97. The lowest BCUT2D eigenvalue weighted by Gasteiger charge is -2.19. The lowest BCUT2D eigenvalue weighted by Crippen LogP contribution is -2.28. The van der Waals surface area contributed by atoms with Gasteiger partial charge in [0.25, 0.3) is 0 Å². The van der Waals surface area contributed by atoms with E-state index in [4.69, 9.17) is 5.11 Å². The molecule has 0 saturated heterocycles. The van der Waals surface area contributed by atoms with E-state index in [0.717, 1.165) is 16.2 Å². The predicted octanol–water partition coefficient (Wildman–Crippen LogP) is 4.42. The first kappa shape index (κ1) is 20.5. The minimum atomic E-state index is -0.987. The minimum Gasteiger partial charge on any atom is -0.477 e. The molecule has 7 heteroatoms. The summed E-state index contributed by atoms with van der Waals surface area (Å²) in [5.41, 5.74) is 1.84. The van der Waals surface area contributed by atoms with E-state index in [2.05, 4.69) is 43.2 Å². The zero-order valence-corrected chi connectivity index (χ0v) is 17.3. The Bertz CT molecular complexity index is 792. The molecule has 140 valence electrons. The van der Waals surface area contributed by atoms with Crippen molar-refractivity contribution in [2.75, 3.05) is 5.75 Å². The molecule has 0 radical (unpaired) electrons. The monoisotopic (exact) mass is 392 g/mol. The molecule has 1 aromatic heterocycles. The van der Waals surface area contributed by atoms with Gasteiger partial charge in [-0.1, -0.05) is 32.9 Å². The number of carbonyl (C=O) groups excluding carboxylic acids is 1. The lowest BCUT2D eigenvalue weighted by atomic mass is 9.87. The van der Waals surface area contributed by atoms with Gasteiger partial charge in [-0.2, -0.15) is 0 Å². The quantitative estimate of drug-likeness (QED) is 0.712. The van der Waals surface area contributed by atoms with E-state index in [9.17, 15) is 9.59 Å². The lowest BCUT2D eigenvalue weighted by molar-refractivity contribution is -0.119. The molecular weight excluding hydrogens is 368 g/mol. The first-order chi connectivity index (χ1) is 12.1. The number of aromatic carboxylic acids is 1. The molecule has 1 atom stereocenters. The van der Waals surface area contributed by atoms with Crippen LogP contribution in [0.15, 0.2) is 29.2 Å². The number of carboxylic acids is 1. The first-order valence-corrected chi connectivity index (χ1v) is 10.1. The van der Waals surface area contributed by atoms with Gasteiger partial charge in [-0.3, -0.25) is 4.79 Å². The van der Waals surface area contributed by atoms with Crippen LogP contribution < -0.4 is 5.32 Å². The molecule has 1 amide bonds. The van der Waals surface area contributed by atoms with Crippen LogP contribution in [0.5, 0.6) is 0 Å². The third-order valence-corrected chi connectivity index (χ3v) is 6.19. The molecule has 2 rings (SSSR count). The topological polar surface area (TPSA) is 79.3 Å². The van der Waals surface area contributed by atoms with Crippen LogP contribution in [0.2, 0.25) is 0 Å². The summed E-state index contributed by atoms with van der Waals surface area (Å²) in [5.74, 6) is -0.791. The molecule has 1 heterocycles. The van der Waals surface area contributed by atoms with Crippen molar-refractivity contribution in [2.45, 2.75) is 51.0 Å². The van der Waals surface area contributed by atoms with Crippen molar-refractivity contribution < 1.29 is 14.7 Å². The van der Waals surface area contributed by atoms with Crippen molar-refractivity contribution in [1.82, 2.24) is 10.3 Å². The molecular formula is C19H24N2O3S2. The van der Waals surface area contributed by atoms with Gasteiger partial charge in [0.05, 0.1) is 17.5 Å². The fourth-order valence-corrected chi connectivity index (χ4v) is 3.96. The predicted molar refractivity (Wildman–Crippen MR) is 106 cm³/mol. The fraction of sp³-hybridized carbons (Fsp3) is 0.421. The number of amides is 1. The maximum Gasteiger partial charge on any atom is 0.347 e. The van der Waals surface area contributed by atoms with Crippen molar-refractivity contribution in [1.29, 1.82) is 0 Å². The summed E-state index contributed by atoms with van der Waals surface area (Å²) in [4.78, 5) is 28.8. The van der Waals surface area contributed by atoms with E-state index >= 15 is 0 Å². The Morgan fingerprint density at radius 1 is 1.27 bits per heavy atom. The van der Waals surface area contributed by atoms with Gasteiger partial charge >= 0.3 is 5.97 Å². The summed E-state index contributed by atoms with van der Waals surface area (Å²) in [7, 11) is 0.